The van der Waals surface area contributed by atoms with Crippen molar-refractivity contribution in [3.8, 4) is 0 Å². The first-order valence-corrected chi connectivity index (χ1v) is 6.83. The van der Waals surface area contributed by atoms with E-state index in [9.17, 15) is 0 Å². The van der Waals surface area contributed by atoms with E-state index in [1.165, 1.54) is 0 Å². The van der Waals surface area contributed by atoms with Crippen LogP contribution in [0.2, 0.25) is 5.02 Å². The molecular weight excluding hydrogens is 246 g/mol. The van der Waals surface area contributed by atoms with Crippen molar-refractivity contribution in [1.82, 2.24) is 14.9 Å². The first-order valence-electron chi connectivity index (χ1n) is 6.45. The number of imidazole rings is 1. The molecule has 1 atom stereocenters. The highest BCUT2D eigenvalue weighted by atomic mass is 35.5. The van der Waals surface area contributed by atoms with Crippen molar-refractivity contribution in [2.24, 2.45) is 0 Å². The van der Waals surface area contributed by atoms with Crippen molar-refractivity contribution in [1.29, 1.82) is 0 Å². The van der Waals surface area contributed by atoms with E-state index in [4.69, 9.17) is 16.6 Å². The molecule has 0 saturated carbocycles. The lowest BCUT2D eigenvalue weighted by atomic mass is 10.2. The second kappa shape index (κ2) is 5.29. The summed E-state index contributed by atoms with van der Waals surface area (Å²) in [6.45, 7) is 9.53. The van der Waals surface area contributed by atoms with Gasteiger partial charge in [-0.15, -0.1) is 0 Å². The minimum atomic E-state index is 0.239. The maximum atomic E-state index is 6.09. The van der Waals surface area contributed by atoms with Gasteiger partial charge in [0.15, 0.2) is 0 Å². The summed E-state index contributed by atoms with van der Waals surface area (Å²) in [6, 6.07) is 6.47. The number of hydrogen-bond donors (Lipinski definition) is 1. The predicted molar refractivity (Wildman–Crippen MR) is 77.2 cm³/mol. The van der Waals surface area contributed by atoms with Crippen LogP contribution in [0.1, 0.15) is 45.6 Å². The van der Waals surface area contributed by atoms with E-state index in [-0.39, 0.29) is 6.04 Å². The standard InChI is InChI=1S/C14H20ClN3/c1-5-16-10(4)14-17-12-7-6-11(15)8-13(12)18(14)9(2)3/h6-10,16H,5H2,1-4H3. The molecule has 0 aliphatic heterocycles. The van der Waals surface area contributed by atoms with Crippen LogP contribution < -0.4 is 5.32 Å². The smallest absolute Gasteiger partial charge is 0.127 e. The van der Waals surface area contributed by atoms with Gasteiger partial charge in [-0.05, 0) is 45.5 Å². The van der Waals surface area contributed by atoms with Gasteiger partial charge in [-0.2, -0.15) is 0 Å². The quantitative estimate of drug-likeness (QED) is 0.907. The van der Waals surface area contributed by atoms with Crippen LogP contribution in [-0.2, 0) is 0 Å². The lowest BCUT2D eigenvalue weighted by Gasteiger charge is -2.18. The van der Waals surface area contributed by atoms with Gasteiger partial charge in [0.2, 0.25) is 0 Å². The first-order chi connectivity index (χ1) is 8.54. The summed E-state index contributed by atoms with van der Waals surface area (Å²) >= 11 is 6.09. The number of aromatic nitrogens is 2. The predicted octanol–water partition coefficient (Wildman–Crippen LogP) is 3.94. The van der Waals surface area contributed by atoms with E-state index in [1.54, 1.807) is 0 Å². The molecule has 1 aromatic carbocycles. The summed E-state index contributed by atoms with van der Waals surface area (Å²) < 4.78 is 2.26. The van der Waals surface area contributed by atoms with Crippen molar-refractivity contribution in [2.75, 3.05) is 6.54 Å². The Morgan fingerprint density at radius 1 is 1.33 bits per heavy atom. The Kier molecular flexibility index (Phi) is 3.93. The van der Waals surface area contributed by atoms with Crippen molar-refractivity contribution < 1.29 is 0 Å². The van der Waals surface area contributed by atoms with Crippen LogP contribution in [0.3, 0.4) is 0 Å². The second-order valence-electron chi connectivity index (χ2n) is 4.85. The number of fused-ring (bicyclic) bond motifs is 1. The molecule has 0 aliphatic carbocycles. The minimum Gasteiger partial charge on any atom is -0.324 e. The Morgan fingerprint density at radius 3 is 2.67 bits per heavy atom. The zero-order chi connectivity index (χ0) is 13.3. The van der Waals surface area contributed by atoms with Crippen molar-refractivity contribution in [3.63, 3.8) is 0 Å². The maximum absolute atomic E-state index is 6.09. The molecule has 0 bridgehead atoms. The maximum Gasteiger partial charge on any atom is 0.127 e. The topological polar surface area (TPSA) is 29.9 Å². The molecule has 0 saturated heterocycles. The zero-order valence-corrected chi connectivity index (χ0v) is 12.1. The van der Waals surface area contributed by atoms with Crippen LogP contribution in [-0.4, -0.2) is 16.1 Å². The molecule has 2 aromatic rings. The summed E-state index contributed by atoms with van der Waals surface area (Å²) in [5, 5.41) is 4.17. The molecule has 0 aliphatic rings. The van der Waals surface area contributed by atoms with E-state index in [0.717, 1.165) is 28.4 Å². The molecule has 0 spiro atoms. The van der Waals surface area contributed by atoms with Crippen LogP contribution >= 0.6 is 11.6 Å². The monoisotopic (exact) mass is 265 g/mol. The van der Waals surface area contributed by atoms with Gasteiger partial charge in [-0.1, -0.05) is 18.5 Å². The highest BCUT2D eigenvalue weighted by Crippen LogP contribution is 2.27. The van der Waals surface area contributed by atoms with Crippen molar-refractivity contribution in [3.05, 3.63) is 29.0 Å². The molecular formula is C14H20ClN3. The van der Waals surface area contributed by atoms with E-state index in [2.05, 4.69) is 37.6 Å². The molecule has 1 unspecified atom stereocenters. The Morgan fingerprint density at radius 2 is 2.06 bits per heavy atom. The Hall–Kier alpha value is -1.06. The summed E-state index contributed by atoms with van der Waals surface area (Å²) in [5.41, 5.74) is 2.12. The molecule has 1 N–H and O–H groups in total. The third-order valence-electron chi connectivity index (χ3n) is 3.09. The number of nitrogens with one attached hydrogen (secondary N) is 1. The van der Waals surface area contributed by atoms with Gasteiger partial charge in [-0.3, -0.25) is 0 Å². The van der Waals surface area contributed by atoms with Crippen molar-refractivity contribution >= 4 is 22.6 Å². The second-order valence-corrected chi connectivity index (χ2v) is 5.28. The van der Waals surface area contributed by atoms with Crippen LogP contribution in [0.5, 0.6) is 0 Å². The summed E-state index contributed by atoms with van der Waals surface area (Å²) in [4.78, 5) is 4.74. The van der Waals surface area contributed by atoms with Gasteiger partial charge in [0.25, 0.3) is 0 Å². The zero-order valence-electron chi connectivity index (χ0n) is 11.4. The minimum absolute atomic E-state index is 0.239. The summed E-state index contributed by atoms with van der Waals surface area (Å²) in [6.07, 6.45) is 0. The third kappa shape index (κ3) is 2.38. The van der Waals surface area contributed by atoms with Gasteiger partial charge in [0.1, 0.15) is 5.82 Å². The van der Waals surface area contributed by atoms with E-state index in [0.29, 0.717) is 6.04 Å². The lowest BCUT2D eigenvalue weighted by Crippen LogP contribution is -2.22. The Bertz CT molecular complexity index is 545. The number of rotatable bonds is 4. The van der Waals surface area contributed by atoms with Crippen LogP contribution in [0.25, 0.3) is 11.0 Å². The van der Waals surface area contributed by atoms with Gasteiger partial charge < -0.3 is 9.88 Å². The number of benzene rings is 1. The molecule has 2 rings (SSSR count). The highest BCUT2D eigenvalue weighted by Gasteiger charge is 2.17. The van der Waals surface area contributed by atoms with Crippen LogP contribution in [0.15, 0.2) is 18.2 Å². The molecule has 3 nitrogen and oxygen atoms in total. The fraction of sp³-hybridized carbons (Fsp3) is 0.500. The van der Waals surface area contributed by atoms with Gasteiger partial charge in [0.05, 0.1) is 17.1 Å². The molecule has 4 heteroatoms. The third-order valence-corrected chi connectivity index (χ3v) is 3.33. The lowest BCUT2D eigenvalue weighted by molar-refractivity contribution is 0.502. The van der Waals surface area contributed by atoms with E-state index < -0.39 is 0 Å². The number of hydrogen-bond acceptors (Lipinski definition) is 2. The van der Waals surface area contributed by atoms with Gasteiger partial charge in [0, 0.05) is 11.1 Å². The fourth-order valence-electron chi connectivity index (χ4n) is 2.33. The first kappa shape index (κ1) is 13.4. The average molecular weight is 266 g/mol. The number of nitrogens with zero attached hydrogens (tertiary/aromatic N) is 2. The molecule has 0 amide bonds. The van der Waals surface area contributed by atoms with E-state index >= 15 is 0 Å². The molecule has 18 heavy (non-hydrogen) atoms. The van der Waals surface area contributed by atoms with Gasteiger partial charge >= 0.3 is 0 Å². The van der Waals surface area contributed by atoms with Crippen molar-refractivity contribution in [2.45, 2.75) is 39.8 Å². The van der Waals surface area contributed by atoms with Crippen LogP contribution in [0.4, 0.5) is 0 Å². The average Bonchev–Trinajstić information content (AvgIpc) is 2.67. The molecule has 1 heterocycles. The van der Waals surface area contributed by atoms with Gasteiger partial charge in [-0.25, -0.2) is 4.98 Å². The van der Waals surface area contributed by atoms with E-state index in [1.807, 2.05) is 18.2 Å². The summed E-state index contributed by atoms with van der Waals surface area (Å²) in [5.74, 6) is 1.07. The Labute approximate surface area is 113 Å². The normalized spacial score (nSPS) is 13.4. The SMILES string of the molecule is CCNC(C)c1nc2ccc(Cl)cc2n1C(C)C. The molecule has 98 valence electrons. The number of halogens is 1. The Balaban J connectivity index is 2.61. The molecule has 1 aromatic heterocycles. The fourth-order valence-corrected chi connectivity index (χ4v) is 2.50. The molecule has 0 fully saturated rings. The largest absolute Gasteiger partial charge is 0.324 e. The molecule has 0 radical (unpaired) electrons. The summed E-state index contributed by atoms with van der Waals surface area (Å²) in [7, 11) is 0. The highest BCUT2D eigenvalue weighted by molar-refractivity contribution is 6.31. The van der Waals surface area contributed by atoms with Crippen LogP contribution in [0, 0.1) is 0 Å².